The van der Waals surface area contributed by atoms with Crippen molar-refractivity contribution in [2.75, 3.05) is 0 Å². The summed E-state index contributed by atoms with van der Waals surface area (Å²) in [6, 6.07) is 10.5. The fourth-order valence-electron chi connectivity index (χ4n) is 1.48. The number of allylic oxidation sites excluding steroid dienone is 3. The highest BCUT2D eigenvalue weighted by atomic mass is 14.1. The van der Waals surface area contributed by atoms with E-state index in [1.807, 2.05) is 12.1 Å². The fraction of sp³-hybridized carbons (Fsp3) is 0.231. The van der Waals surface area contributed by atoms with E-state index in [4.69, 9.17) is 0 Å². The molecule has 1 aromatic rings. The fourth-order valence-corrected chi connectivity index (χ4v) is 1.48. The lowest BCUT2D eigenvalue weighted by molar-refractivity contribution is 0.919. The maximum absolute atomic E-state index is 3.81. The zero-order valence-electron chi connectivity index (χ0n) is 8.33. The highest BCUT2D eigenvalue weighted by molar-refractivity contribution is 5.32. The quantitative estimate of drug-likeness (QED) is 0.606. The van der Waals surface area contributed by atoms with Crippen LogP contribution in [0.3, 0.4) is 0 Å². The summed E-state index contributed by atoms with van der Waals surface area (Å²) in [7, 11) is 0. The van der Waals surface area contributed by atoms with E-state index in [1.54, 1.807) is 0 Å². The molecule has 0 aliphatic heterocycles. The van der Waals surface area contributed by atoms with Gasteiger partial charge in [-0.1, -0.05) is 56.0 Å². The van der Waals surface area contributed by atoms with Gasteiger partial charge in [-0.15, -0.1) is 0 Å². The molecule has 1 unspecified atom stereocenters. The number of rotatable bonds is 3. The minimum atomic E-state index is 0.448. The maximum atomic E-state index is 3.81. The molecule has 0 aliphatic carbocycles. The van der Waals surface area contributed by atoms with Gasteiger partial charge in [0.05, 0.1) is 0 Å². The molecule has 1 atom stereocenters. The number of hydrogen-bond acceptors (Lipinski definition) is 0. The van der Waals surface area contributed by atoms with Crippen molar-refractivity contribution in [1.82, 2.24) is 0 Å². The zero-order chi connectivity index (χ0) is 9.68. The van der Waals surface area contributed by atoms with E-state index in [2.05, 4.69) is 50.8 Å². The second-order valence-electron chi connectivity index (χ2n) is 3.13. The van der Waals surface area contributed by atoms with Gasteiger partial charge in [-0.05, 0) is 18.1 Å². The van der Waals surface area contributed by atoms with Crippen molar-refractivity contribution in [2.24, 2.45) is 0 Å². The maximum Gasteiger partial charge on any atom is 0.00575 e. The Kier molecular flexibility index (Phi) is 3.51. The lowest BCUT2D eigenvalue weighted by Crippen LogP contribution is -1.94. The van der Waals surface area contributed by atoms with E-state index in [0.29, 0.717) is 5.92 Å². The standard InChI is InChI=1S/C13H16/c1-4-12(5-2)11(3)13-9-7-6-8-10-13/h4-11H,1H2,2-3H3/b12-5+. The summed E-state index contributed by atoms with van der Waals surface area (Å²) in [5.74, 6) is 0.448. The third-order valence-electron chi connectivity index (χ3n) is 2.37. The van der Waals surface area contributed by atoms with Crippen LogP contribution in [0.2, 0.25) is 0 Å². The Morgan fingerprint density at radius 2 is 1.92 bits per heavy atom. The first-order valence-electron chi connectivity index (χ1n) is 4.63. The SMILES string of the molecule is C=C/C(=C\C)C(C)c1ccccc1. The van der Waals surface area contributed by atoms with E-state index < -0.39 is 0 Å². The Bertz CT molecular complexity index is 293. The molecule has 0 radical (unpaired) electrons. The van der Waals surface area contributed by atoms with Crippen molar-refractivity contribution in [2.45, 2.75) is 19.8 Å². The van der Waals surface area contributed by atoms with Gasteiger partial charge in [0.25, 0.3) is 0 Å². The van der Waals surface area contributed by atoms with E-state index in [9.17, 15) is 0 Å². The van der Waals surface area contributed by atoms with Crippen LogP contribution in [0.15, 0.2) is 54.6 Å². The van der Waals surface area contributed by atoms with Crippen LogP contribution in [-0.4, -0.2) is 0 Å². The lowest BCUT2D eigenvalue weighted by atomic mass is 9.93. The van der Waals surface area contributed by atoms with Gasteiger partial charge < -0.3 is 0 Å². The monoisotopic (exact) mass is 172 g/mol. The molecule has 0 N–H and O–H groups in total. The van der Waals surface area contributed by atoms with E-state index in [0.717, 1.165) is 0 Å². The highest BCUT2D eigenvalue weighted by Crippen LogP contribution is 2.23. The van der Waals surface area contributed by atoms with Gasteiger partial charge in [-0.2, -0.15) is 0 Å². The van der Waals surface area contributed by atoms with Crippen LogP contribution in [-0.2, 0) is 0 Å². The summed E-state index contributed by atoms with van der Waals surface area (Å²) in [6.07, 6.45) is 4.04. The first kappa shape index (κ1) is 9.79. The average Bonchev–Trinajstić information content (AvgIpc) is 2.21. The molecular formula is C13H16. The Morgan fingerprint density at radius 3 is 2.38 bits per heavy atom. The van der Waals surface area contributed by atoms with Gasteiger partial charge in [0.2, 0.25) is 0 Å². The molecule has 0 spiro atoms. The van der Waals surface area contributed by atoms with Crippen LogP contribution in [0.4, 0.5) is 0 Å². The van der Waals surface area contributed by atoms with Crippen molar-refractivity contribution in [3.8, 4) is 0 Å². The number of hydrogen-bond donors (Lipinski definition) is 0. The highest BCUT2D eigenvalue weighted by Gasteiger charge is 2.06. The van der Waals surface area contributed by atoms with Crippen molar-refractivity contribution < 1.29 is 0 Å². The van der Waals surface area contributed by atoms with Crippen LogP contribution < -0.4 is 0 Å². The minimum Gasteiger partial charge on any atom is -0.0988 e. The Morgan fingerprint density at radius 1 is 1.31 bits per heavy atom. The molecule has 1 rings (SSSR count). The Hall–Kier alpha value is -1.30. The Balaban J connectivity index is 2.91. The second-order valence-corrected chi connectivity index (χ2v) is 3.13. The van der Waals surface area contributed by atoms with Crippen LogP contribution in [0, 0.1) is 0 Å². The van der Waals surface area contributed by atoms with E-state index >= 15 is 0 Å². The topological polar surface area (TPSA) is 0 Å². The molecule has 0 saturated heterocycles. The van der Waals surface area contributed by atoms with Gasteiger partial charge in [0, 0.05) is 5.92 Å². The molecule has 0 heterocycles. The normalized spacial score (nSPS) is 13.8. The third kappa shape index (κ3) is 2.32. The molecule has 0 saturated carbocycles. The largest absolute Gasteiger partial charge is 0.0988 e. The Labute approximate surface area is 80.6 Å². The second kappa shape index (κ2) is 4.66. The first-order valence-corrected chi connectivity index (χ1v) is 4.63. The average molecular weight is 172 g/mol. The van der Waals surface area contributed by atoms with Crippen LogP contribution in [0.25, 0.3) is 0 Å². The van der Waals surface area contributed by atoms with Crippen molar-refractivity contribution in [3.05, 3.63) is 60.2 Å². The van der Waals surface area contributed by atoms with Gasteiger partial charge in [0.15, 0.2) is 0 Å². The predicted molar refractivity (Wildman–Crippen MR) is 58.8 cm³/mol. The summed E-state index contributed by atoms with van der Waals surface area (Å²) in [6.45, 7) is 8.06. The van der Waals surface area contributed by atoms with Crippen LogP contribution >= 0.6 is 0 Å². The van der Waals surface area contributed by atoms with Crippen LogP contribution in [0.5, 0.6) is 0 Å². The molecule has 0 bridgehead atoms. The summed E-state index contributed by atoms with van der Waals surface area (Å²) in [5.41, 5.74) is 2.63. The molecule has 0 nitrogen and oxygen atoms in total. The molecular weight excluding hydrogens is 156 g/mol. The van der Waals surface area contributed by atoms with Gasteiger partial charge in [-0.3, -0.25) is 0 Å². The molecule has 13 heavy (non-hydrogen) atoms. The van der Waals surface area contributed by atoms with E-state index in [1.165, 1.54) is 11.1 Å². The smallest absolute Gasteiger partial charge is 0.00575 e. The third-order valence-corrected chi connectivity index (χ3v) is 2.37. The first-order chi connectivity index (χ1) is 6.29. The summed E-state index contributed by atoms with van der Waals surface area (Å²) in [4.78, 5) is 0. The van der Waals surface area contributed by atoms with Crippen molar-refractivity contribution in [1.29, 1.82) is 0 Å². The van der Waals surface area contributed by atoms with Gasteiger partial charge in [0.1, 0.15) is 0 Å². The zero-order valence-corrected chi connectivity index (χ0v) is 8.33. The summed E-state index contributed by atoms with van der Waals surface area (Å²) >= 11 is 0. The van der Waals surface area contributed by atoms with Gasteiger partial charge in [-0.25, -0.2) is 0 Å². The molecule has 1 aromatic carbocycles. The summed E-state index contributed by atoms with van der Waals surface area (Å²) < 4.78 is 0. The molecule has 68 valence electrons. The molecule has 0 heteroatoms. The minimum absolute atomic E-state index is 0.448. The molecule has 0 aromatic heterocycles. The number of benzene rings is 1. The molecule has 0 aliphatic rings. The predicted octanol–water partition coefficient (Wildman–Crippen LogP) is 3.92. The summed E-state index contributed by atoms with van der Waals surface area (Å²) in [5, 5.41) is 0. The van der Waals surface area contributed by atoms with Crippen molar-refractivity contribution >= 4 is 0 Å². The van der Waals surface area contributed by atoms with E-state index in [-0.39, 0.29) is 0 Å². The van der Waals surface area contributed by atoms with Crippen molar-refractivity contribution in [3.63, 3.8) is 0 Å². The van der Waals surface area contributed by atoms with Gasteiger partial charge >= 0.3 is 0 Å². The molecule has 0 fully saturated rings. The molecule has 0 amide bonds. The lowest BCUT2D eigenvalue weighted by Gasteiger charge is -2.12. The van der Waals surface area contributed by atoms with Crippen LogP contribution in [0.1, 0.15) is 25.3 Å².